The van der Waals surface area contributed by atoms with Crippen LogP contribution in [0.15, 0.2) is 54.6 Å². The molecule has 1 fully saturated rings. The Morgan fingerprint density at radius 1 is 0.909 bits per heavy atom. The highest BCUT2D eigenvalue weighted by Crippen LogP contribution is 2.33. The van der Waals surface area contributed by atoms with Crippen molar-refractivity contribution in [1.82, 2.24) is 0 Å². The number of benzene rings is 2. The summed E-state index contributed by atoms with van der Waals surface area (Å²) in [5.41, 5.74) is 3.88. The van der Waals surface area contributed by atoms with E-state index in [0.717, 1.165) is 12.5 Å². The smallest absolute Gasteiger partial charge is 0.0825 e. The molecule has 1 saturated heterocycles. The lowest BCUT2D eigenvalue weighted by molar-refractivity contribution is -0.0197. The van der Waals surface area contributed by atoms with E-state index in [1.807, 2.05) is 0 Å². The molecule has 0 aliphatic carbocycles. The van der Waals surface area contributed by atoms with E-state index in [1.54, 1.807) is 0 Å². The molecule has 0 saturated carbocycles. The van der Waals surface area contributed by atoms with E-state index in [1.165, 1.54) is 48.8 Å². The van der Waals surface area contributed by atoms with E-state index >= 15 is 0 Å². The molecule has 0 N–H and O–H groups in total. The fraction of sp³-hybridized carbons (Fsp3) is 0.429. The zero-order valence-corrected chi connectivity index (χ0v) is 13.5. The standard InChI is InChI=1S/C21H26O/c1-2-3-7-17-10-15-21(22-16-17)20-13-11-19(12-14-20)18-8-5-4-6-9-18/h4-6,8-9,11-14,17,21H,2-3,7,10,15-16H2,1H3. The first-order chi connectivity index (χ1) is 10.9. The SMILES string of the molecule is CCCCC1CCC(c2ccc(-c3ccccc3)cc2)OC1. The second-order valence-electron chi connectivity index (χ2n) is 6.40. The van der Waals surface area contributed by atoms with Gasteiger partial charge >= 0.3 is 0 Å². The molecule has 2 atom stereocenters. The molecule has 0 bridgehead atoms. The molecule has 1 aliphatic heterocycles. The van der Waals surface area contributed by atoms with Gasteiger partial charge in [0.25, 0.3) is 0 Å². The summed E-state index contributed by atoms with van der Waals surface area (Å²) >= 11 is 0. The molecular weight excluding hydrogens is 268 g/mol. The van der Waals surface area contributed by atoms with Gasteiger partial charge in [-0.3, -0.25) is 0 Å². The molecule has 1 nitrogen and oxygen atoms in total. The first kappa shape index (κ1) is 15.3. The summed E-state index contributed by atoms with van der Waals surface area (Å²) in [7, 11) is 0. The Bertz CT molecular complexity index is 550. The van der Waals surface area contributed by atoms with Gasteiger partial charge in [-0.05, 0) is 41.9 Å². The first-order valence-electron chi connectivity index (χ1n) is 8.64. The van der Waals surface area contributed by atoms with Crippen LogP contribution in [-0.4, -0.2) is 6.61 Å². The summed E-state index contributed by atoms with van der Waals surface area (Å²) in [6.07, 6.45) is 6.73. The van der Waals surface area contributed by atoms with Gasteiger partial charge in [-0.15, -0.1) is 0 Å². The van der Waals surface area contributed by atoms with Gasteiger partial charge in [-0.2, -0.15) is 0 Å². The van der Waals surface area contributed by atoms with E-state index < -0.39 is 0 Å². The summed E-state index contributed by atoms with van der Waals surface area (Å²) < 4.78 is 6.12. The van der Waals surface area contributed by atoms with Crippen LogP contribution in [0.25, 0.3) is 11.1 Å². The highest BCUT2D eigenvalue weighted by molar-refractivity contribution is 5.63. The Balaban J connectivity index is 1.60. The van der Waals surface area contributed by atoms with Gasteiger partial charge < -0.3 is 4.74 Å². The second kappa shape index (κ2) is 7.60. The Kier molecular flexibility index (Phi) is 5.29. The van der Waals surface area contributed by atoms with Crippen molar-refractivity contribution in [2.75, 3.05) is 6.61 Å². The van der Waals surface area contributed by atoms with Crippen molar-refractivity contribution in [2.45, 2.75) is 45.1 Å². The maximum Gasteiger partial charge on any atom is 0.0825 e. The zero-order valence-electron chi connectivity index (χ0n) is 13.5. The summed E-state index contributed by atoms with van der Waals surface area (Å²) in [4.78, 5) is 0. The van der Waals surface area contributed by atoms with Crippen LogP contribution < -0.4 is 0 Å². The van der Waals surface area contributed by atoms with Crippen LogP contribution in [0.2, 0.25) is 0 Å². The lowest BCUT2D eigenvalue weighted by Crippen LogP contribution is -2.20. The molecular formula is C21H26O. The van der Waals surface area contributed by atoms with Crippen LogP contribution >= 0.6 is 0 Å². The van der Waals surface area contributed by atoms with Crippen LogP contribution in [0, 0.1) is 5.92 Å². The summed E-state index contributed by atoms with van der Waals surface area (Å²) in [5.74, 6) is 0.778. The Hall–Kier alpha value is -1.60. The van der Waals surface area contributed by atoms with Crippen molar-refractivity contribution in [1.29, 1.82) is 0 Å². The van der Waals surface area contributed by atoms with Gasteiger partial charge in [0.2, 0.25) is 0 Å². The third-order valence-electron chi connectivity index (χ3n) is 4.73. The van der Waals surface area contributed by atoms with Crippen LogP contribution in [0.5, 0.6) is 0 Å². The molecule has 1 heteroatoms. The second-order valence-corrected chi connectivity index (χ2v) is 6.40. The van der Waals surface area contributed by atoms with Gasteiger partial charge in [0, 0.05) is 0 Å². The average Bonchev–Trinajstić information content (AvgIpc) is 2.61. The minimum absolute atomic E-state index is 0.294. The zero-order chi connectivity index (χ0) is 15.2. The number of hydrogen-bond acceptors (Lipinski definition) is 1. The van der Waals surface area contributed by atoms with Crippen molar-refractivity contribution in [3.8, 4) is 11.1 Å². The normalized spacial score (nSPS) is 21.7. The van der Waals surface area contributed by atoms with Crippen molar-refractivity contribution in [3.05, 3.63) is 60.2 Å². The van der Waals surface area contributed by atoms with E-state index in [-0.39, 0.29) is 0 Å². The van der Waals surface area contributed by atoms with Gasteiger partial charge in [0.15, 0.2) is 0 Å². The van der Waals surface area contributed by atoms with Gasteiger partial charge in [0.1, 0.15) is 0 Å². The van der Waals surface area contributed by atoms with E-state index in [4.69, 9.17) is 4.74 Å². The van der Waals surface area contributed by atoms with Crippen LogP contribution in [-0.2, 0) is 4.74 Å². The summed E-state index contributed by atoms with van der Waals surface area (Å²) in [6.45, 7) is 3.20. The molecule has 3 rings (SSSR count). The molecule has 2 aromatic carbocycles. The molecule has 0 spiro atoms. The molecule has 1 heterocycles. The Morgan fingerprint density at radius 2 is 1.64 bits per heavy atom. The molecule has 22 heavy (non-hydrogen) atoms. The topological polar surface area (TPSA) is 9.23 Å². The predicted octanol–water partition coefficient (Wildman–Crippen LogP) is 6.01. The molecule has 0 radical (unpaired) electrons. The molecule has 2 unspecified atom stereocenters. The van der Waals surface area contributed by atoms with E-state index in [9.17, 15) is 0 Å². The Labute approximate surface area is 134 Å². The number of unbranched alkanes of at least 4 members (excludes halogenated alkanes) is 1. The van der Waals surface area contributed by atoms with Crippen molar-refractivity contribution in [3.63, 3.8) is 0 Å². The minimum Gasteiger partial charge on any atom is -0.373 e. The third-order valence-corrected chi connectivity index (χ3v) is 4.73. The molecule has 2 aromatic rings. The van der Waals surface area contributed by atoms with E-state index in [2.05, 4.69) is 61.5 Å². The molecule has 1 aliphatic rings. The van der Waals surface area contributed by atoms with Crippen molar-refractivity contribution >= 4 is 0 Å². The number of hydrogen-bond donors (Lipinski definition) is 0. The van der Waals surface area contributed by atoms with Gasteiger partial charge in [-0.1, -0.05) is 74.4 Å². The van der Waals surface area contributed by atoms with Crippen LogP contribution in [0.4, 0.5) is 0 Å². The maximum absolute atomic E-state index is 6.12. The average molecular weight is 294 g/mol. The monoisotopic (exact) mass is 294 g/mol. The quantitative estimate of drug-likeness (QED) is 0.656. The molecule has 116 valence electrons. The largest absolute Gasteiger partial charge is 0.373 e. The maximum atomic E-state index is 6.12. The minimum atomic E-state index is 0.294. The molecule has 0 aromatic heterocycles. The van der Waals surface area contributed by atoms with E-state index in [0.29, 0.717) is 6.10 Å². The van der Waals surface area contributed by atoms with Gasteiger partial charge in [0.05, 0.1) is 12.7 Å². The molecule has 0 amide bonds. The summed E-state index contributed by atoms with van der Waals surface area (Å²) in [6, 6.07) is 19.5. The summed E-state index contributed by atoms with van der Waals surface area (Å²) in [5, 5.41) is 0. The lowest BCUT2D eigenvalue weighted by atomic mass is 9.91. The van der Waals surface area contributed by atoms with Crippen LogP contribution in [0.1, 0.15) is 50.7 Å². The predicted molar refractivity (Wildman–Crippen MR) is 92.8 cm³/mol. The highest BCUT2D eigenvalue weighted by atomic mass is 16.5. The fourth-order valence-electron chi connectivity index (χ4n) is 3.31. The van der Waals surface area contributed by atoms with Crippen LogP contribution in [0.3, 0.4) is 0 Å². The number of ether oxygens (including phenoxy) is 1. The fourth-order valence-corrected chi connectivity index (χ4v) is 3.31. The Morgan fingerprint density at radius 3 is 2.27 bits per heavy atom. The number of rotatable bonds is 5. The van der Waals surface area contributed by atoms with Crippen molar-refractivity contribution in [2.24, 2.45) is 5.92 Å². The van der Waals surface area contributed by atoms with Gasteiger partial charge in [-0.25, -0.2) is 0 Å². The van der Waals surface area contributed by atoms with Crippen molar-refractivity contribution < 1.29 is 4.74 Å². The highest BCUT2D eigenvalue weighted by Gasteiger charge is 2.22. The lowest BCUT2D eigenvalue weighted by Gasteiger charge is -2.29. The third kappa shape index (κ3) is 3.78. The first-order valence-corrected chi connectivity index (χ1v) is 8.64.